The van der Waals surface area contributed by atoms with Gasteiger partial charge in [0.2, 0.25) is 5.91 Å². The zero-order valence-electron chi connectivity index (χ0n) is 17.2. The highest BCUT2D eigenvalue weighted by Crippen LogP contribution is 2.35. The molecular weight excluding hydrogens is 372 g/mol. The summed E-state index contributed by atoms with van der Waals surface area (Å²) in [5.74, 6) is 0.702. The number of nitrogens with zero attached hydrogens (tertiary/aromatic N) is 3. The van der Waals surface area contributed by atoms with Gasteiger partial charge in [-0.15, -0.1) is 11.8 Å². The molecule has 1 atom stereocenters. The summed E-state index contributed by atoms with van der Waals surface area (Å²) in [6, 6.07) is 0.0554. The third-order valence-electron chi connectivity index (χ3n) is 6.19. The predicted octanol–water partition coefficient (Wildman–Crippen LogP) is 3.27. The Labute approximate surface area is 173 Å². The summed E-state index contributed by atoms with van der Waals surface area (Å²) < 4.78 is 0. The Morgan fingerprint density at radius 3 is 2.43 bits per heavy atom. The van der Waals surface area contributed by atoms with Crippen LogP contribution in [0.15, 0.2) is 16.5 Å². The van der Waals surface area contributed by atoms with Gasteiger partial charge in [0.25, 0.3) is 5.91 Å². The maximum absolute atomic E-state index is 13.4. The molecule has 1 saturated heterocycles. The van der Waals surface area contributed by atoms with E-state index in [4.69, 9.17) is 10.7 Å². The van der Waals surface area contributed by atoms with E-state index in [0.717, 1.165) is 57.8 Å². The van der Waals surface area contributed by atoms with E-state index in [2.05, 4.69) is 19.9 Å². The van der Waals surface area contributed by atoms with E-state index in [-0.39, 0.29) is 23.1 Å². The third kappa shape index (κ3) is 4.24. The van der Waals surface area contributed by atoms with Crippen LogP contribution in [-0.4, -0.2) is 57.5 Å². The van der Waals surface area contributed by atoms with Crippen molar-refractivity contribution in [1.82, 2.24) is 9.80 Å². The van der Waals surface area contributed by atoms with E-state index >= 15 is 0 Å². The number of thioether (sulfide) groups is 1. The SMILES string of the molecule is CCCCC1(CCCC)N=C(N)N(C2CCN(C(=O)C3CC=CS3)CC2)C1=O. The first kappa shape index (κ1) is 21.2. The highest BCUT2D eigenvalue weighted by atomic mass is 32.2. The Balaban J connectivity index is 1.63. The second kappa shape index (κ2) is 9.33. The molecule has 3 rings (SSSR count). The van der Waals surface area contributed by atoms with Crippen LogP contribution in [0.3, 0.4) is 0 Å². The number of allylic oxidation sites excluding steroid dienone is 1. The molecule has 0 bridgehead atoms. The van der Waals surface area contributed by atoms with Crippen molar-refractivity contribution in [3.63, 3.8) is 0 Å². The number of guanidine groups is 1. The van der Waals surface area contributed by atoms with Crippen LogP contribution in [0.25, 0.3) is 0 Å². The molecule has 0 aromatic rings. The number of aliphatic imine (C=N–C) groups is 1. The van der Waals surface area contributed by atoms with Crippen LogP contribution in [-0.2, 0) is 9.59 Å². The minimum Gasteiger partial charge on any atom is -0.369 e. The zero-order valence-corrected chi connectivity index (χ0v) is 18.0. The maximum atomic E-state index is 13.4. The van der Waals surface area contributed by atoms with Crippen molar-refractivity contribution in [2.24, 2.45) is 10.7 Å². The van der Waals surface area contributed by atoms with Gasteiger partial charge >= 0.3 is 0 Å². The van der Waals surface area contributed by atoms with Crippen LogP contribution in [0.5, 0.6) is 0 Å². The summed E-state index contributed by atoms with van der Waals surface area (Å²) >= 11 is 1.61. The number of piperidine rings is 1. The van der Waals surface area contributed by atoms with Gasteiger partial charge in [-0.1, -0.05) is 45.6 Å². The number of carbonyl (C=O) groups is 2. The molecule has 1 unspecified atom stereocenters. The highest BCUT2D eigenvalue weighted by molar-refractivity contribution is 8.03. The first-order chi connectivity index (χ1) is 13.5. The molecule has 1 fully saturated rings. The standard InChI is InChI=1S/C21H34N4O2S/c1-3-5-11-21(12-6-4-2)19(27)25(20(22)23-21)16-9-13-24(14-10-16)18(26)17-8-7-15-28-17/h7,15-17H,3-6,8-14H2,1-2H3,(H2,22,23). The average Bonchev–Trinajstić information content (AvgIpc) is 3.32. The van der Waals surface area contributed by atoms with Crippen molar-refractivity contribution < 1.29 is 9.59 Å². The lowest BCUT2D eigenvalue weighted by atomic mass is 9.86. The van der Waals surface area contributed by atoms with E-state index in [1.54, 1.807) is 16.7 Å². The average molecular weight is 407 g/mol. The summed E-state index contributed by atoms with van der Waals surface area (Å²) in [7, 11) is 0. The summed E-state index contributed by atoms with van der Waals surface area (Å²) in [5.41, 5.74) is 5.62. The topological polar surface area (TPSA) is 79.0 Å². The summed E-state index contributed by atoms with van der Waals surface area (Å²) in [6.45, 7) is 5.66. The monoisotopic (exact) mass is 406 g/mol. The van der Waals surface area contributed by atoms with Crippen LogP contribution in [0, 0.1) is 0 Å². The number of hydrogen-bond acceptors (Lipinski definition) is 5. The van der Waals surface area contributed by atoms with E-state index in [9.17, 15) is 9.59 Å². The van der Waals surface area contributed by atoms with Crippen molar-refractivity contribution in [2.75, 3.05) is 13.1 Å². The zero-order chi connectivity index (χ0) is 20.1. The minimum atomic E-state index is -0.658. The lowest BCUT2D eigenvalue weighted by molar-refractivity contribution is -0.135. The maximum Gasteiger partial charge on any atom is 0.257 e. The largest absolute Gasteiger partial charge is 0.369 e. The smallest absolute Gasteiger partial charge is 0.257 e. The Kier molecular flexibility index (Phi) is 7.07. The molecule has 0 aromatic carbocycles. The van der Waals surface area contributed by atoms with E-state index in [0.29, 0.717) is 19.0 Å². The molecule has 28 heavy (non-hydrogen) atoms. The van der Waals surface area contributed by atoms with Crippen molar-refractivity contribution in [3.8, 4) is 0 Å². The van der Waals surface area contributed by atoms with Gasteiger partial charge in [-0.2, -0.15) is 0 Å². The number of nitrogens with two attached hydrogens (primary N) is 1. The molecule has 156 valence electrons. The van der Waals surface area contributed by atoms with Crippen molar-refractivity contribution in [2.45, 2.75) is 88.5 Å². The lowest BCUT2D eigenvalue weighted by Gasteiger charge is -2.38. The second-order valence-electron chi connectivity index (χ2n) is 8.17. The van der Waals surface area contributed by atoms with Crippen LogP contribution in [0.2, 0.25) is 0 Å². The van der Waals surface area contributed by atoms with Crippen molar-refractivity contribution >= 4 is 29.5 Å². The van der Waals surface area contributed by atoms with Crippen LogP contribution in [0.1, 0.15) is 71.6 Å². The first-order valence-corrected chi connectivity index (χ1v) is 11.7. The molecule has 2 N–H and O–H groups in total. The molecule has 2 amide bonds. The summed E-state index contributed by atoms with van der Waals surface area (Å²) in [6.07, 6.45) is 10.1. The number of rotatable bonds is 8. The fraction of sp³-hybridized carbons (Fsp3) is 0.762. The predicted molar refractivity (Wildman–Crippen MR) is 115 cm³/mol. The van der Waals surface area contributed by atoms with Gasteiger partial charge in [-0.05, 0) is 37.5 Å². The molecule has 0 spiro atoms. The quantitative estimate of drug-likeness (QED) is 0.671. The van der Waals surface area contributed by atoms with Gasteiger partial charge < -0.3 is 10.6 Å². The Morgan fingerprint density at radius 2 is 1.89 bits per heavy atom. The number of amides is 2. The molecule has 3 aliphatic rings. The highest BCUT2D eigenvalue weighted by Gasteiger charge is 2.49. The normalized spacial score (nSPS) is 24.9. The molecule has 0 aliphatic carbocycles. The van der Waals surface area contributed by atoms with Gasteiger partial charge in [0, 0.05) is 19.1 Å². The second-order valence-corrected chi connectivity index (χ2v) is 9.29. The summed E-state index contributed by atoms with van der Waals surface area (Å²) in [5, 5.41) is 2.05. The molecule has 3 aliphatic heterocycles. The van der Waals surface area contributed by atoms with E-state index in [1.165, 1.54) is 0 Å². The number of unbranched alkanes of at least 4 members (excludes halogenated alkanes) is 2. The first-order valence-electron chi connectivity index (χ1n) is 10.8. The van der Waals surface area contributed by atoms with E-state index in [1.807, 2.05) is 10.3 Å². The molecule has 0 saturated carbocycles. The molecule has 6 nitrogen and oxygen atoms in total. The number of hydrogen-bond donors (Lipinski definition) is 1. The summed E-state index contributed by atoms with van der Waals surface area (Å²) in [4.78, 5) is 34.5. The van der Waals surface area contributed by atoms with Crippen molar-refractivity contribution in [3.05, 3.63) is 11.5 Å². The van der Waals surface area contributed by atoms with Gasteiger partial charge in [-0.3, -0.25) is 14.5 Å². The fourth-order valence-electron chi connectivity index (χ4n) is 4.48. The van der Waals surface area contributed by atoms with Crippen LogP contribution in [0.4, 0.5) is 0 Å². The van der Waals surface area contributed by atoms with Crippen LogP contribution < -0.4 is 5.73 Å². The van der Waals surface area contributed by atoms with Gasteiger partial charge in [0.15, 0.2) is 5.96 Å². The van der Waals surface area contributed by atoms with Gasteiger partial charge in [0.1, 0.15) is 5.54 Å². The lowest BCUT2D eigenvalue weighted by Crippen LogP contribution is -2.54. The molecular formula is C21H34N4O2S. The van der Waals surface area contributed by atoms with Crippen molar-refractivity contribution in [1.29, 1.82) is 0 Å². The minimum absolute atomic E-state index is 0.0346. The molecule has 3 heterocycles. The number of likely N-dealkylation sites (tertiary alicyclic amines) is 1. The molecule has 0 radical (unpaired) electrons. The molecule has 0 aromatic heterocycles. The van der Waals surface area contributed by atoms with E-state index < -0.39 is 5.54 Å². The third-order valence-corrected chi connectivity index (χ3v) is 7.26. The number of carbonyl (C=O) groups excluding carboxylic acids is 2. The van der Waals surface area contributed by atoms with Crippen LogP contribution >= 0.6 is 11.8 Å². The van der Waals surface area contributed by atoms with Gasteiger partial charge in [-0.25, -0.2) is 4.99 Å². The Bertz CT molecular complexity index is 624. The van der Waals surface area contributed by atoms with Gasteiger partial charge in [0.05, 0.1) is 5.25 Å². The fourth-order valence-corrected chi connectivity index (χ4v) is 5.38. The Hall–Kier alpha value is -1.50. The Morgan fingerprint density at radius 1 is 1.25 bits per heavy atom. The molecule has 7 heteroatoms.